The third kappa shape index (κ3) is 3.98. The maximum atomic E-state index is 12.4. The van der Waals surface area contributed by atoms with Gasteiger partial charge in [0.25, 0.3) is 0 Å². The van der Waals surface area contributed by atoms with Crippen LogP contribution in [0.4, 0.5) is 0 Å². The van der Waals surface area contributed by atoms with Crippen molar-refractivity contribution in [2.24, 2.45) is 0 Å². The molecular weight excluding hydrogens is 330 g/mol. The molecule has 0 unspecified atom stereocenters. The van der Waals surface area contributed by atoms with Crippen LogP contribution in [-0.2, 0) is 21.4 Å². The number of hydrogen-bond donors (Lipinski definition) is 1. The zero-order valence-corrected chi connectivity index (χ0v) is 13.9. The fourth-order valence-corrected chi connectivity index (χ4v) is 4.02. The molecule has 1 N–H and O–H groups in total. The number of carbonyl (C=O) groups excluding carboxylic acids is 1. The molecule has 9 heteroatoms. The number of nitrogens with zero attached hydrogens (tertiary/aromatic N) is 4. The van der Waals surface area contributed by atoms with Crippen LogP contribution in [0, 0.1) is 0 Å². The number of aromatic nitrogens is 3. The minimum absolute atomic E-state index is 0.0934. The van der Waals surface area contributed by atoms with Gasteiger partial charge in [0.05, 0.1) is 4.90 Å². The Morgan fingerprint density at radius 3 is 2.79 bits per heavy atom. The van der Waals surface area contributed by atoms with Crippen molar-refractivity contribution in [2.45, 2.75) is 30.3 Å². The van der Waals surface area contributed by atoms with E-state index in [-0.39, 0.29) is 23.4 Å². The molecule has 3 rings (SSSR count). The van der Waals surface area contributed by atoms with Gasteiger partial charge in [-0.3, -0.25) is 4.79 Å². The van der Waals surface area contributed by atoms with E-state index < -0.39 is 10.0 Å². The van der Waals surface area contributed by atoms with Crippen molar-refractivity contribution in [3.8, 4) is 0 Å². The fraction of sp³-hybridized carbons (Fsp3) is 0.400. The molecular formula is C15H19N5O3S. The van der Waals surface area contributed by atoms with Gasteiger partial charge in [-0.1, -0.05) is 18.2 Å². The number of piperidine rings is 1. The van der Waals surface area contributed by atoms with Gasteiger partial charge >= 0.3 is 0 Å². The predicted molar refractivity (Wildman–Crippen MR) is 86.4 cm³/mol. The average Bonchev–Trinajstić information content (AvgIpc) is 3.08. The Bertz CT molecular complexity index is 777. The summed E-state index contributed by atoms with van der Waals surface area (Å²) in [5.41, 5.74) is 0. The molecule has 1 aliphatic rings. The van der Waals surface area contributed by atoms with Gasteiger partial charge in [-0.15, -0.1) is 0 Å². The first-order chi connectivity index (χ1) is 11.5. The van der Waals surface area contributed by atoms with E-state index in [9.17, 15) is 13.2 Å². The van der Waals surface area contributed by atoms with E-state index in [1.165, 1.54) is 17.3 Å². The molecule has 1 fully saturated rings. The summed E-state index contributed by atoms with van der Waals surface area (Å²) < 4.78 is 28.9. The van der Waals surface area contributed by atoms with Crippen molar-refractivity contribution in [1.29, 1.82) is 0 Å². The third-order valence-electron chi connectivity index (χ3n) is 3.91. The molecule has 24 heavy (non-hydrogen) atoms. The van der Waals surface area contributed by atoms with Gasteiger partial charge < -0.3 is 4.90 Å². The van der Waals surface area contributed by atoms with Gasteiger partial charge in [0.2, 0.25) is 15.9 Å². The SMILES string of the molecule is O=C(Cn1cncn1)N1CCC[C@@H](NS(=O)(=O)c2ccccc2)C1. The molecule has 1 atom stereocenters. The van der Waals surface area contributed by atoms with Crippen molar-refractivity contribution in [2.75, 3.05) is 13.1 Å². The van der Waals surface area contributed by atoms with E-state index in [0.29, 0.717) is 19.5 Å². The lowest BCUT2D eigenvalue weighted by atomic mass is 10.1. The molecule has 2 heterocycles. The third-order valence-corrected chi connectivity index (χ3v) is 5.45. The summed E-state index contributed by atoms with van der Waals surface area (Å²) in [4.78, 5) is 18.0. The summed E-state index contributed by atoms with van der Waals surface area (Å²) in [5, 5.41) is 3.92. The molecule has 0 aliphatic carbocycles. The maximum absolute atomic E-state index is 12.4. The first kappa shape index (κ1) is 16.6. The van der Waals surface area contributed by atoms with Crippen LogP contribution in [0.3, 0.4) is 0 Å². The Morgan fingerprint density at radius 2 is 2.08 bits per heavy atom. The van der Waals surface area contributed by atoms with Crippen LogP contribution in [0.5, 0.6) is 0 Å². The number of amides is 1. The number of likely N-dealkylation sites (tertiary alicyclic amines) is 1. The van der Waals surface area contributed by atoms with Crippen LogP contribution >= 0.6 is 0 Å². The van der Waals surface area contributed by atoms with E-state index in [1.807, 2.05) is 0 Å². The summed E-state index contributed by atoms with van der Waals surface area (Å²) in [5.74, 6) is -0.0934. The van der Waals surface area contributed by atoms with Crippen molar-refractivity contribution in [3.63, 3.8) is 0 Å². The monoisotopic (exact) mass is 349 g/mol. The predicted octanol–water partition coefficient (Wildman–Crippen LogP) is 0.248. The quantitative estimate of drug-likeness (QED) is 0.834. The average molecular weight is 349 g/mol. The second-order valence-electron chi connectivity index (χ2n) is 5.71. The highest BCUT2D eigenvalue weighted by Gasteiger charge is 2.27. The second kappa shape index (κ2) is 7.10. The van der Waals surface area contributed by atoms with Crippen LogP contribution in [0.1, 0.15) is 12.8 Å². The number of carbonyl (C=O) groups is 1. The lowest BCUT2D eigenvalue weighted by Crippen LogP contribution is -2.50. The van der Waals surface area contributed by atoms with Gasteiger partial charge in [-0.05, 0) is 25.0 Å². The van der Waals surface area contributed by atoms with E-state index >= 15 is 0 Å². The minimum Gasteiger partial charge on any atom is -0.339 e. The summed E-state index contributed by atoms with van der Waals surface area (Å²) in [6.45, 7) is 1.09. The summed E-state index contributed by atoms with van der Waals surface area (Å²) >= 11 is 0. The Balaban J connectivity index is 1.62. The first-order valence-electron chi connectivity index (χ1n) is 7.72. The van der Waals surface area contributed by atoms with Crippen molar-refractivity contribution < 1.29 is 13.2 Å². The first-order valence-corrected chi connectivity index (χ1v) is 9.20. The highest BCUT2D eigenvalue weighted by atomic mass is 32.2. The number of nitrogens with one attached hydrogen (secondary N) is 1. The maximum Gasteiger partial charge on any atom is 0.244 e. The molecule has 0 spiro atoms. The van der Waals surface area contributed by atoms with Crippen LogP contribution in [0.25, 0.3) is 0 Å². The van der Waals surface area contributed by atoms with Crippen molar-refractivity contribution >= 4 is 15.9 Å². The van der Waals surface area contributed by atoms with E-state index in [4.69, 9.17) is 0 Å². The van der Waals surface area contributed by atoms with E-state index in [0.717, 1.165) is 6.42 Å². The van der Waals surface area contributed by atoms with Gasteiger partial charge in [0.15, 0.2) is 0 Å². The van der Waals surface area contributed by atoms with Crippen LogP contribution in [0.2, 0.25) is 0 Å². The Labute approximate surface area is 140 Å². The van der Waals surface area contributed by atoms with Crippen LogP contribution < -0.4 is 4.72 Å². The normalized spacial score (nSPS) is 18.5. The van der Waals surface area contributed by atoms with E-state index in [2.05, 4.69) is 14.8 Å². The highest BCUT2D eigenvalue weighted by Crippen LogP contribution is 2.15. The lowest BCUT2D eigenvalue weighted by Gasteiger charge is -2.33. The van der Waals surface area contributed by atoms with Gasteiger partial charge in [-0.25, -0.2) is 22.8 Å². The molecule has 0 radical (unpaired) electrons. The molecule has 128 valence electrons. The van der Waals surface area contributed by atoms with Gasteiger partial charge in [-0.2, -0.15) is 5.10 Å². The molecule has 0 bridgehead atoms. The number of benzene rings is 1. The summed E-state index contributed by atoms with van der Waals surface area (Å²) in [6.07, 6.45) is 4.32. The molecule has 0 saturated carbocycles. The number of rotatable bonds is 5. The Morgan fingerprint density at radius 1 is 1.29 bits per heavy atom. The molecule has 8 nitrogen and oxygen atoms in total. The fourth-order valence-electron chi connectivity index (χ4n) is 2.74. The van der Waals surface area contributed by atoms with Crippen LogP contribution in [-0.4, -0.2) is 53.1 Å². The standard InChI is InChI=1S/C15H19N5O3S/c21-15(10-20-12-16-11-17-20)19-8-4-5-13(9-19)18-24(22,23)14-6-2-1-3-7-14/h1-3,6-7,11-13,18H,4-5,8-10H2/t13-/m1/s1. The minimum atomic E-state index is -3.57. The molecule has 1 saturated heterocycles. The van der Waals surface area contributed by atoms with Crippen LogP contribution in [0.15, 0.2) is 47.9 Å². The second-order valence-corrected chi connectivity index (χ2v) is 7.42. The molecule has 2 aromatic rings. The molecule has 1 aromatic heterocycles. The summed E-state index contributed by atoms with van der Waals surface area (Å²) in [6, 6.07) is 7.96. The van der Waals surface area contributed by atoms with Crippen molar-refractivity contribution in [1.82, 2.24) is 24.4 Å². The summed E-state index contributed by atoms with van der Waals surface area (Å²) in [7, 11) is -3.57. The molecule has 1 aromatic carbocycles. The lowest BCUT2D eigenvalue weighted by molar-refractivity contribution is -0.133. The number of sulfonamides is 1. The van der Waals surface area contributed by atoms with E-state index in [1.54, 1.807) is 35.2 Å². The molecule has 1 amide bonds. The smallest absolute Gasteiger partial charge is 0.244 e. The van der Waals surface area contributed by atoms with Crippen molar-refractivity contribution in [3.05, 3.63) is 43.0 Å². The largest absolute Gasteiger partial charge is 0.339 e. The topological polar surface area (TPSA) is 97.2 Å². The Hall–Kier alpha value is -2.26. The van der Waals surface area contributed by atoms with Gasteiger partial charge in [0, 0.05) is 19.1 Å². The zero-order valence-electron chi connectivity index (χ0n) is 13.1. The number of hydrogen-bond acceptors (Lipinski definition) is 5. The van der Waals surface area contributed by atoms with Gasteiger partial charge in [0.1, 0.15) is 19.2 Å². The Kier molecular flexibility index (Phi) is 4.91. The highest BCUT2D eigenvalue weighted by molar-refractivity contribution is 7.89. The zero-order chi connectivity index (χ0) is 17.0. The molecule has 1 aliphatic heterocycles.